The Morgan fingerprint density at radius 3 is 2.30 bits per heavy atom. The summed E-state index contributed by atoms with van der Waals surface area (Å²) in [6.45, 7) is 13.1. The summed E-state index contributed by atoms with van der Waals surface area (Å²) in [5.74, 6) is -1.51. The van der Waals surface area contributed by atoms with Crippen LogP contribution >= 0.6 is 0 Å². The Kier molecular flexibility index (Phi) is 15.3. The number of carbonyl (C=O) groups is 1. The number of hydrogen-bond acceptors (Lipinski definition) is 6. The third kappa shape index (κ3) is 12.2. The Bertz CT molecular complexity index is 826. The Labute approximate surface area is 223 Å². The van der Waals surface area contributed by atoms with Gasteiger partial charge in [0.25, 0.3) is 0 Å². The first-order valence-electron chi connectivity index (χ1n) is 13.4. The average Bonchev–Trinajstić information content (AvgIpc) is 2.87. The molecule has 0 radical (unpaired) electrons. The standard InChI is InChI=1S/C31H48O6/c1-7-8-13-24(5)31-25(6)27(33)16-11-9-15-22(3)30(36)23(4)18-19-26(32)20-28(34)21(2)14-10-12-17-29(35)37-31/h7-10,12-15,17-19,21-28,30-34,36H,1,11,16,20H2,2-6H3/b13-8-,14-10+,15-9-,17-12+,19-18-/t21-,22+,23+,24+,25+,26-,27-,28+,30-,31+/m1/s1. The molecule has 0 amide bonds. The van der Waals surface area contributed by atoms with Gasteiger partial charge in [-0.2, -0.15) is 0 Å². The van der Waals surface area contributed by atoms with Crippen LogP contribution in [-0.2, 0) is 9.53 Å². The summed E-state index contributed by atoms with van der Waals surface area (Å²) in [5, 5.41) is 42.3. The summed E-state index contributed by atoms with van der Waals surface area (Å²) < 4.78 is 5.76. The summed E-state index contributed by atoms with van der Waals surface area (Å²) >= 11 is 0. The van der Waals surface area contributed by atoms with Crippen LogP contribution < -0.4 is 0 Å². The SMILES string of the molecule is C=C/C=C\[C@H](C)[C@@H]1OC(=O)/C=C/C=C/[C@@H](C)[C@@H](O)C[C@H](O)/C=C\[C@H](C)[C@H](O)[C@@H](C)/C=C\CC[C@@H](O)[C@@H]1C. The van der Waals surface area contributed by atoms with Crippen LogP contribution in [0.15, 0.2) is 73.4 Å². The molecule has 0 aromatic heterocycles. The third-order valence-electron chi connectivity index (χ3n) is 7.08. The fourth-order valence-corrected chi connectivity index (χ4v) is 4.34. The highest BCUT2D eigenvalue weighted by molar-refractivity contribution is 5.82. The van der Waals surface area contributed by atoms with Crippen molar-refractivity contribution >= 4 is 5.97 Å². The van der Waals surface area contributed by atoms with Crippen molar-refractivity contribution in [3.63, 3.8) is 0 Å². The van der Waals surface area contributed by atoms with Gasteiger partial charge < -0.3 is 25.2 Å². The molecule has 4 N–H and O–H groups in total. The van der Waals surface area contributed by atoms with Crippen LogP contribution in [0.3, 0.4) is 0 Å². The van der Waals surface area contributed by atoms with Crippen molar-refractivity contribution in [1.29, 1.82) is 0 Å². The van der Waals surface area contributed by atoms with Crippen molar-refractivity contribution in [1.82, 2.24) is 0 Å². The number of rotatable bonds is 3. The van der Waals surface area contributed by atoms with Gasteiger partial charge >= 0.3 is 5.97 Å². The minimum atomic E-state index is -0.840. The highest BCUT2D eigenvalue weighted by Crippen LogP contribution is 2.25. The van der Waals surface area contributed by atoms with Gasteiger partial charge in [0.2, 0.25) is 0 Å². The van der Waals surface area contributed by atoms with E-state index in [1.165, 1.54) is 6.08 Å². The minimum Gasteiger partial charge on any atom is -0.458 e. The predicted molar refractivity (Wildman–Crippen MR) is 149 cm³/mol. The lowest BCUT2D eigenvalue weighted by atomic mass is 9.86. The van der Waals surface area contributed by atoms with E-state index < -0.39 is 36.5 Å². The second-order valence-electron chi connectivity index (χ2n) is 10.4. The maximum absolute atomic E-state index is 12.6. The van der Waals surface area contributed by atoms with E-state index in [4.69, 9.17) is 4.74 Å². The van der Waals surface area contributed by atoms with Gasteiger partial charge in [0, 0.05) is 42.1 Å². The van der Waals surface area contributed by atoms with Gasteiger partial charge in [-0.1, -0.05) is 102 Å². The van der Waals surface area contributed by atoms with E-state index in [0.717, 1.165) is 0 Å². The number of cyclic esters (lactones) is 1. The molecule has 1 heterocycles. The van der Waals surface area contributed by atoms with E-state index in [1.807, 2.05) is 52.8 Å². The van der Waals surface area contributed by atoms with Crippen molar-refractivity contribution in [2.24, 2.45) is 29.6 Å². The average molecular weight is 517 g/mol. The molecular formula is C31H48O6. The Hall–Kier alpha value is -2.25. The summed E-state index contributed by atoms with van der Waals surface area (Å²) in [7, 11) is 0. The molecule has 6 heteroatoms. The molecule has 0 aliphatic carbocycles. The number of allylic oxidation sites excluding steroid dienone is 5. The van der Waals surface area contributed by atoms with Crippen LogP contribution in [0.25, 0.3) is 0 Å². The third-order valence-corrected chi connectivity index (χ3v) is 7.08. The lowest BCUT2D eigenvalue weighted by molar-refractivity contribution is -0.150. The molecule has 6 nitrogen and oxygen atoms in total. The molecule has 0 fully saturated rings. The van der Waals surface area contributed by atoms with Crippen molar-refractivity contribution in [3.8, 4) is 0 Å². The molecule has 0 saturated carbocycles. The van der Waals surface area contributed by atoms with Crippen molar-refractivity contribution in [2.75, 3.05) is 0 Å². The molecule has 0 spiro atoms. The fourth-order valence-electron chi connectivity index (χ4n) is 4.34. The fraction of sp³-hybridized carbons (Fsp3) is 0.581. The molecule has 1 rings (SSSR count). The van der Waals surface area contributed by atoms with E-state index in [0.29, 0.717) is 12.8 Å². The largest absolute Gasteiger partial charge is 0.458 e. The molecular weight excluding hydrogens is 468 g/mol. The second kappa shape index (κ2) is 17.3. The van der Waals surface area contributed by atoms with Gasteiger partial charge in [0.15, 0.2) is 0 Å². The van der Waals surface area contributed by atoms with Crippen molar-refractivity contribution in [2.45, 2.75) is 84.4 Å². The lowest BCUT2D eigenvalue weighted by Gasteiger charge is -2.30. The van der Waals surface area contributed by atoms with E-state index in [-0.39, 0.29) is 36.0 Å². The van der Waals surface area contributed by atoms with Gasteiger partial charge in [-0.25, -0.2) is 4.79 Å². The highest BCUT2D eigenvalue weighted by atomic mass is 16.5. The highest BCUT2D eigenvalue weighted by Gasteiger charge is 2.30. The van der Waals surface area contributed by atoms with Crippen molar-refractivity contribution in [3.05, 3.63) is 73.4 Å². The Morgan fingerprint density at radius 2 is 1.62 bits per heavy atom. The number of hydrogen-bond donors (Lipinski definition) is 4. The zero-order chi connectivity index (χ0) is 28.0. The predicted octanol–water partition coefficient (Wildman–Crippen LogP) is 4.67. The first-order valence-corrected chi connectivity index (χ1v) is 13.4. The summed E-state index contributed by atoms with van der Waals surface area (Å²) in [6.07, 6.45) is 16.7. The number of carbonyl (C=O) groups excluding carboxylic acids is 1. The Morgan fingerprint density at radius 1 is 0.946 bits per heavy atom. The normalized spacial score (nSPS) is 39.9. The van der Waals surface area contributed by atoms with E-state index in [9.17, 15) is 25.2 Å². The molecule has 0 aromatic carbocycles. The smallest absolute Gasteiger partial charge is 0.331 e. The van der Waals surface area contributed by atoms with Gasteiger partial charge in [-0.15, -0.1) is 0 Å². The van der Waals surface area contributed by atoms with Gasteiger partial charge in [-0.3, -0.25) is 0 Å². The molecule has 1 aliphatic heterocycles. The molecule has 0 aromatic rings. The van der Waals surface area contributed by atoms with Gasteiger partial charge in [0.05, 0.1) is 24.4 Å². The molecule has 208 valence electrons. The number of esters is 1. The number of aliphatic hydroxyl groups excluding tert-OH is 4. The zero-order valence-electron chi connectivity index (χ0n) is 23.1. The monoisotopic (exact) mass is 516 g/mol. The Balaban J connectivity index is 3.16. The molecule has 0 bridgehead atoms. The number of aliphatic hydroxyl groups is 4. The minimum absolute atomic E-state index is 0.121. The first kappa shape index (κ1) is 32.8. The number of ether oxygens (including phenoxy) is 1. The molecule has 0 unspecified atom stereocenters. The zero-order valence-corrected chi connectivity index (χ0v) is 23.1. The van der Waals surface area contributed by atoms with Gasteiger partial charge in [-0.05, 0) is 12.8 Å². The molecule has 0 saturated heterocycles. The first-order chi connectivity index (χ1) is 17.5. The van der Waals surface area contributed by atoms with Crippen LogP contribution in [0.2, 0.25) is 0 Å². The van der Waals surface area contributed by atoms with Crippen LogP contribution in [-0.4, -0.2) is 56.9 Å². The summed E-state index contributed by atoms with van der Waals surface area (Å²) in [4.78, 5) is 12.6. The van der Waals surface area contributed by atoms with Crippen LogP contribution in [0.4, 0.5) is 0 Å². The maximum Gasteiger partial charge on any atom is 0.331 e. The quantitative estimate of drug-likeness (QED) is 0.247. The van der Waals surface area contributed by atoms with Crippen molar-refractivity contribution < 1.29 is 30.0 Å². The molecule has 10 atom stereocenters. The second-order valence-corrected chi connectivity index (χ2v) is 10.4. The van der Waals surface area contributed by atoms with E-state index in [2.05, 4.69) is 6.58 Å². The van der Waals surface area contributed by atoms with Crippen LogP contribution in [0.1, 0.15) is 53.9 Å². The maximum atomic E-state index is 12.6. The lowest BCUT2D eigenvalue weighted by Crippen LogP contribution is -2.37. The van der Waals surface area contributed by atoms with Crippen LogP contribution in [0.5, 0.6) is 0 Å². The molecule has 37 heavy (non-hydrogen) atoms. The van der Waals surface area contributed by atoms with E-state index >= 15 is 0 Å². The van der Waals surface area contributed by atoms with Gasteiger partial charge in [0.1, 0.15) is 6.10 Å². The summed E-state index contributed by atoms with van der Waals surface area (Å²) in [5.41, 5.74) is 0. The van der Waals surface area contributed by atoms with Crippen LogP contribution in [0, 0.1) is 29.6 Å². The topological polar surface area (TPSA) is 107 Å². The van der Waals surface area contributed by atoms with E-state index in [1.54, 1.807) is 42.5 Å². The molecule has 1 aliphatic rings. The summed E-state index contributed by atoms with van der Waals surface area (Å²) in [6, 6.07) is 0.